The Hall–Kier alpha value is -3.13. The second kappa shape index (κ2) is 7.83. The van der Waals surface area contributed by atoms with E-state index in [4.69, 9.17) is 21.5 Å². The zero-order valence-corrected chi connectivity index (χ0v) is 15.2. The van der Waals surface area contributed by atoms with E-state index in [1.54, 1.807) is 43.3 Å². The van der Waals surface area contributed by atoms with Gasteiger partial charge in [0, 0.05) is 24.9 Å². The first-order chi connectivity index (χ1) is 12.6. The average molecular weight is 370 g/mol. The topological polar surface area (TPSA) is 77.5 Å². The highest BCUT2D eigenvalue weighted by atomic mass is 32.1. The number of anilines is 1. The second-order valence-electron chi connectivity index (χ2n) is 5.57. The van der Waals surface area contributed by atoms with Gasteiger partial charge in [0.2, 0.25) is 5.69 Å². The summed E-state index contributed by atoms with van der Waals surface area (Å²) in [6, 6.07) is 16.8. The van der Waals surface area contributed by atoms with Gasteiger partial charge in [-0.05, 0) is 41.2 Å². The molecule has 26 heavy (non-hydrogen) atoms. The standard InChI is InChI=1S/C18H18N4O3S/c1-21(18(26)19-13-6-4-3-5-7-13)12-16-17(23)25-20-22(16)14-8-10-15(24-2)11-9-14/h3-11H,12H2,1-2H3,(H-,19,20,23,26). The maximum absolute atomic E-state index is 12.1. The van der Waals surface area contributed by atoms with Crippen molar-refractivity contribution in [3.8, 4) is 17.4 Å². The Labute approximate surface area is 156 Å². The maximum atomic E-state index is 12.1. The summed E-state index contributed by atoms with van der Waals surface area (Å²) in [6.07, 6.45) is 0. The molecule has 0 fully saturated rings. The summed E-state index contributed by atoms with van der Waals surface area (Å²) in [5.74, 6) is 0.210. The molecule has 7 nitrogen and oxygen atoms in total. The van der Waals surface area contributed by atoms with Crippen molar-refractivity contribution in [2.75, 3.05) is 19.5 Å². The van der Waals surface area contributed by atoms with E-state index >= 15 is 0 Å². The van der Waals surface area contributed by atoms with Crippen molar-refractivity contribution in [2.45, 2.75) is 6.54 Å². The first kappa shape index (κ1) is 17.7. The van der Waals surface area contributed by atoms with Crippen LogP contribution < -0.4 is 19.8 Å². The van der Waals surface area contributed by atoms with Gasteiger partial charge < -0.3 is 24.6 Å². The molecule has 0 atom stereocenters. The highest BCUT2D eigenvalue weighted by molar-refractivity contribution is 7.80. The largest absolute Gasteiger partial charge is 0.539 e. The molecule has 2 aromatic carbocycles. The number of thiocarbonyl (C=S) groups is 1. The lowest BCUT2D eigenvalue weighted by atomic mass is 10.3. The third-order valence-electron chi connectivity index (χ3n) is 3.77. The molecule has 1 aromatic heterocycles. The van der Waals surface area contributed by atoms with E-state index in [1.165, 1.54) is 4.68 Å². The summed E-state index contributed by atoms with van der Waals surface area (Å²) in [5.41, 5.74) is 1.94. The lowest BCUT2D eigenvalue weighted by molar-refractivity contribution is -0.678. The zero-order chi connectivity index (χ0) is 18.5. The van der Waals surface area contributed by atoms with Gasteiger partial charge >= 0.3 is 0 Å². The fourth-order valence-corrected chi connectivity index (χ4v) is 2.54. The lowest BCUT2D eigenvalue weighted by Gasteiger charge is -2.19. The summed E-state index contributed by atoms with van der Waals surface area (Å²) in [4.78, 5) is 1.75. The Morgan fingerprint density at radius 2 is 1.92 bits per heavy atom. The molecule has 134 valence electrons. The van der Waals surface area contributed by atoms with Crippen LogP contribution in [0.4, 0.5) is 5.69 Å². The monoisotopic (exact) mass is 370 g/mol. The van der Waals surface area contributed by atoms with Gasteiger partial charge in [0.25, 0.3) is 5.69 Å². The maximum Gasteiger partial charge on any atom is 0.259 e. The quantitative estimate of drug-likeness (QED) is 0.543. The molecule has 0 bridgehead atoms. The van der Waals surface area contributed by atoms with Gasteiger partial charge in [0.15, 0.2) is 11.1 Å². The van der Waals surface area contributed by atoms with Crippen molar-refractivity contribution < 1.29 is 19.0 Å². The summed E-state index contributed by atoms with van der Waals surface area (Å²) in [7, 11) is 3.39. The number of nitrogens with zero attached hydrogens (tertiary/aromatic N) is 3. The van der Waals surface area contributed by atoms with Crippen LogP contribution >= 0.6 is 12.2 Å². The van der Waals surface area contributed by atoms with Gasteiger partial charge in [-0.15, -0.1) is 0 Å². The Balaban J connectivity index is 1.76. The minimum Gasteiger partial charge on any atom is -0.539 e. The number of hydrogen-bond donors (Lipinski definition) is 1. The van der Waals surface area contributed by atoms with Crippen LogP contribution in [0.2, 0.25) is 0 Å². The van der Waals surface area contributed by atoms with Crippen molar-refractivity contribution in [3.63, 3.8) is 0 Å². The van der Waals surface area contributed by atoms with Crippen molar-refractivity contribution in [1.82, 2.24) is 10.2 Å². The van der Waals surface area contributed by atoms with Gasteiger partial charge in [-0.1, -0.05) is 18.2 Å². The fourth-order valence-electron chi connectivity index (χ4n) is 2.36. The Bertz CT molecular complexity index is 881. The Morgan fingerprint density at radius 1 is 1.23 bits per heavy atom. The van der Waals surface area contributed by atoms with E-state index < -0.39 is 5.95 Å². The Morgan fingerprint density at radius 3 is 2.58 bits per heavy atom. The normalized spacial score (nSPS) is 10.4. The van der Waals surface area contributed by atoms with Crippen molar-refractivity contribution in [2.24, 2.45) is 0 Å². The van der Waals surface area contributed by atoms with Crippen molar-refractivity contribution in [1.29, 1.82) is 0 Å². The highest BCUT2D eigenvalue weighted by Crippen LogP contribution is 2.16. The minimum atomic E-state index is -0.504. The molecule has 0 aliphatic rings. The van der Waals surface area contributed by atoms with Crippen LogP contribution in [-0.2, 0) is 6.54 Å². The van der Waals surface area contributed by atoms with Crippen LogP contribution in [0.25, 0.3) is 5.69 Å². The molecule has 0 saturated heterocycles. The van der Waals surface area contributed by atoms with Crippen molar-refractivity contribution in [3.05, 3.63) is 60.3 Å². The molecule has 1 heterocycles. The SMILES string of the molecule is COc1ccc(-[n+]2noc([O-])c2CN(C)C(=S)Nc2ccccc2)cc1. The van der Waals surface area contributed by atoms with E-state index in [0.717, 1.165) is 5.69 Å². The fraction of sp³-hybridized carbons (Fsp3) is 0.167. The number of nitrogens with one attached hydrogen (secondary N) is 1. The number of rotatable bonds is 5. The number of aromatic nitrogens is 2. The van der Waals surface area contributed by atoms with Crippen LogP contribution in [0, 0.1) is 0 Å². The molecule has 0 unspecified atom stereocenters. The number of benzene rings is 2. The molecule has 0 aliphatic heterocycles. The van der Waals surface area contributed by atoms with Crippen LogP contribution in [-0.4, -0.2) is 29.4 Å². The molecule has 8 heteroatoms. The summed E-state index contributed by atoms with van der Waals surface area (Å²) in [6.45, 7) is 0.243. The summed E-state index contributed by atoms with van der Waals surface area (Å²) in [5, 5.41) is 19.5. The van der Waals surface area contributed by atoms with E-state index in [0.29, 0.717) is 22.2 Å². The number of methoxy groups -OCH3 is 1. The number of para-hydroxylation sites is 1. The second-order valence-corrected chi connectivity index (χ2v) is 5.96. The molecule has 0 saturated carbocycles. The predicted molar refractivity (Wildman–Crippen MR) is 98.2 cm³/mol. The minimum absolute atomic E-state index is 0.243. The third-order valence-corrected chi connectivity index (χ3v) is 4.19. The van der Waals surface area contributed by atoms with Gasteiger partial charge in [-0.25, -0.2) is 0 Å². The molecular formula is C18H18N4O3S. The molecule has 1 N–H and O–H groups in total. The zero-order valence-electron chi connectivity index (χ0n) is 14.4. The number of hydrogen-bond acceptors (Lipinski definition) is 5. The van der Waals surface area contributed by atoms with Gasteiger partial charge in [-0.2, -0.15) is 0 Å². The first-order valence-corrected chi connectivity index (χ1v) is 8.29. The van der Waals surface area contributed by atoms with E-state index in [2.05, 4.69) is 10.6 Å². The Kier molecular flexibility index (Phi) is 5.33. The third kappa shape index (κ3) is 3.92. The lowest BCUT2D eigenvalue weighted by Crippen LogP contribution is -2.41. The van der Waals surface area contributed by atoms with Crippen LogP contribution in [0.5, 0.6) is 11.7 Å². The van der Waals surface area contributed by atoms with Crippen LogP contribution in [0.15, 0.2) is 59.1 Å². The predicted octanol–water partition coefficient (Wildman–Crippen LogP) is 1.86. The van der Waals surface area contributed by atoms with E-state index in [1.807, 2.05) is 30.3 Å². The summed E-state index contributed by atoms with van der Waals surface area (Å²) < 4.78 is 11.4. The smallest absolute Gasteiger partial charge is 0.259 e. The number of ether oxygens (including phenoxy) is 1. The van der Waals surface area contributed by atoms with Gasteiger partial charge in [0.05, 0.1) is 12.4 Å². The summed E-state index contributed by atoms with van der Waals surface area (Å²) >= 11 is 5.40. The first-order valence-electron chi connectivity index (χ1n) is 7.88. The molecule has 3 rings (SSSR count). The molecule has 0 spiro atoms. The molecule has 0 aliphatic carbocycles. The molecule has 0 radical (unpaired) electrons. The molecular weight excluding hydrogens is 352 g/mol. The van der Waals surface area contributed by atoms with Crippen LogP contribution in [0.3, 0.4) is 0 Å². The van der Waals surface area contributed by atoms with Crippen LogP contribution in [0.1, 0.15) is 5.69 Å². The highest BCUT2D eigenvalue weighted by Gasteiger charge is 2.22. The van der Waals surface area contributed by atoms with Crippen molar-refractivity contribution >= 4 is 23.0 Å². The van der Waals surface area contributed by atoms with Gasteiger partial charge in [-0.3, -0.25) is 0 Å². The van der Waals surface area contributed by atoms with Gasteiger partial charge in [0.1, 0.15) is 12.3 Å². The van der Waals surface area contributed by atoms with E-state index in [9.17, 15) is 5.11 Å². The molecule has 3 aromatic rings. The average Bonchev–Trinajstić information content (AvgIpc) is 3.03. The molecule has 0 amide bonds. The van der Waals surface area contributed by atoms with E-state index in [-0.39, 0.29) is 6.54 Å².